The first-order valence-electron chi connectivity index (χ1n) is 10.4. The van der Waals surface area contributed by atoms with E-state index in [2.05, 4.69) is 17.1 Å². The number of thiophene rings is 1. The summed E-state index contributed by atoms with van der Waals surface area (Å²) in [4.78, 5) is 20.1. The first-order chi connectivity index (χ1) is 16.1. The Morgan fingerprint density at radius 3 is 2.24 bits per heavy atom. The van der Waals surface area contributed by atoms with Crippen molar-refractivity contribution in [3.63, 3.8) is 0 Å². The quantitative estimate of drug-likeness (QED) is 0.280. The van der Waals surface area contributed by atoms with Crippen LogP contribution in [-0.4, -0.2) is 10.9 Å². The van der Waals surface area contributed by atoms with Crippen LogP contribution in [0.25, 0.3) is 21.2 Å². The van der Waals surface area contributed by atoms with Crippen molar-refractivity contribution >= 4 is 50.3 Å². The lowest BCUT2D eigenvalue weighted by Crippen LogP contribution is -2.30. The van der Waals surface area contributed by atoms with Gasteiger partial charge in [-0.3, -0.25) is 9.78 Å². The molecule has 0 aliphatic rings. The van der Waals surface area contributed by atoms with Crippen molar-refractivity contribution in [3.8, 4) is 11.1 Å². The topological polar surface area (TPSA) is 59.2 Å². The van der Waals surface area contributed by atoms with Gasteiger partial charge in [0, 0.05) is 33.9 Å². The fourth-order valence-electron chi connectivity index (χ4n) is 3.74. The molecule has 0 aliphatic carbocycles. The van der Waals surface area contributed by atoms with E-state index in [1.54, 1.807) is 29.4 Å². The predicted molar refractivity (Wildman–Crippen MR) is 138 cm³/mol. The summed E-state index contributed by atoms with van der Waals surface area (Å²) in [6.45, 7) is 0.407. The third-order valence-electron chi connectivity index (χ3n) is 5.49. The number of aromatic nitrogens is 1. The van der Waals surface area contributed by atoms with E-state index in [1.165, 1.54) is 11.3 Å². The first-order valence-corrected chi connectivity index (χ1v) is 11.6. The Morgan fingerprint density at radius 2 is 1.55 bits per heavy atom. The molecular weight excluding hydrogens is 450 g/mol. The number of carbonyl (C=O) groups excluding carboxylic acids is 1. The van der Waals surface area contributed by atoms with Crippen LogP contribution in [0.3, 0.4) is 0 Å². The Labute approximate surface area is 200 Å². The highest BCUT2D eigenvalue weighted by Gasteiger charge is 2.24. The minimum Gasteiger partial charge on any atom is -0.399 e. The van der Waals surface area contributed by atoms with E-state index in [4.69, 9.17) is 17.3 Å². The average Bonchev–Trinajstić information content (AvgIpc) is 3.20. The summed E-state index contributed by atoms with van der Waals surface area (Å²) in [6.07, 6.45) is 3.55. The van der Waals surface area contributed by atoms with Crippen molar-refractivity contribution in [2.45, 2.75) is 6.54 Å². The molecule has 0 spiro atoms. The molecule has 2 heterocycles. The number of halogens is 1. The number of nitrogen functional groups attached to an aromatic ring is 1. The van der Waals surface area contributed by atoms with Crippen LogP contribution >= 0.6 is 22.9 Å². The molecule has 0 radical (unpaired) electrons. The van der Waals surface area contributed by atoms with Crippen LogP contribution < -0.4 is 10.6 Å². The van der Waals surface area contributed by atoms with Gasteiger partial charge in [-0.25, -0.2) is 0 Å². The molecule has 5 rings (SSSR count). The summed E-state index contributed by atoms with van der Waals surface area (Å²) in [5.74, 6) is -0.135. The standard InChI is InChI=1S/C27H20ClN3OS/c28-25-23-3-1-2-4-24(23)33-26(25)27(32)31(22-11-9-21(29)10-12-22)17-18-5-7-19(8-6-18)20-13-15-30-16-14-20/h1-16H,17,29H2. The molecule has 0 atom stereocenters. The highest BCUT2D eigenvalue weighted by Crippen LogP contribution is 2.37. The monoisotopic (exact) mass is 469 g/mol. The number of fused-ring (bicyclic) bond motifs is 1. The van der Waals surface area contributed by atoms with Crippen LogP contribution in [-0.2, 0) is 6.54 Å². The molecule has 1 amide bonds. The molecule has 0 aliphatic heterocycles. The second kappa shape index (κ2) is 9.06. The number of hydrogen-bond acceptors (Lipinski definition) is 4. The molecule has 2 N–H and O–H groups in total. The van der Waals surface area contributed by atoms with Crippen molar-refractivity contribution < 1.29 is 4.79 Å². The second-order valence-electron chi connectivity index (χ2n) is 7.66. The van der Waals surface area contributed by atoms with Gasteiger partial charge in [-0.1, -0.05) is 54.1 Å². The normalized spacial score (nSPS) is 10.9. The zero-order valence-corrected chi connectivity index (χ0v) is 19.2. The molecule has 0 unspecified atom stereocenters. The summed E-state index contributed by atoms with van der Waals surface area (Å²) < 4.78 is 0.991. The third kappa shape index (κ3) is 4.33. The van der Waals surface area contributed by atoms with E-state index in [1.807, 2.05) is 60.7 Å². The summed E-state index contributed by atoms with van der Waals surface area (Å²) >= 11 is 8.05. The van der Waals surface area contributed by atoms with Crippen molar-refractivity contribution in [3.05, 3.63) is 113 Å². The van der Waals surface area contributed by atoms with Gasteiger partial charge in [-0.15, -0.1) is 11.3 Å². The maximum atomic E-state index is 13.7. The van der Waals surface area contributed by atoms with Crippen LogP contribution in [0.4, 0.5) is 11.4 Å². The number of benzene rings is 3. The van der Waals surface area contributed by atoms with Crippen molar-refractivity contribution in [1.29, 1.82) is 0 Å². The van der Waals surface area contributed by atoms with Crippen LogP contribution in [0.5, 0.6) is 0 Å². The molecule has 162 valence electrons. The maximum absolute atomic E-state index is 13.7. The van der Waals surface area contributed by atoms with E-state index in [-0.39, 0.29) is 5.91 Å². The number of amides is 1. The molecule has 4 nitrogen and oxygen atoms in total. The molecule has 0 saturated carbocycles. The van der Waals surface area contributed by atoms with E-state index < -0.39 is 0 Å². The van der Waals surface area contributed by atoms with Crippen LogP contribution in [0.1, 0.15) is 15.2 Å². The van der Waals surface area contributed by atoms with Gasteiger partial charge in [-0.05, 0) is 59.2 Å². The largest absolute Gasteiger partial charge is 0.399 e. The van der Waals surface area contributed by atoms with Gasteiger partial charge in [0.1, 0.15) is 4.88 Å². The summed E-state index contributed by atoms with van der Waals surface area (Å²) in [5.41, 5.74) is 10.5. The first kappa shape index (κ1) is 21.2. The van der Waals surface area contributed by atoms with E-state index in [9.17, 15) is 4.79 Å². The fraction of sp³-hybridized carbons (Fsp3) is 0.0370. The number of carbonyl (C=O) groups is 1. The summed E-state index contributed by atoms with van der Waals surface area (Å²) in [5, 5.41) is 1.39. The molecule has 2 aromatic heterocycles. The fourth-order valence-corrected chi connectivity index (χ4v) is 5.20. The zero-order chi connectivity index (χ0) is 22.8. The van der Waals surface area contributed by atoms with Gasteiger partial charge in [0.2, 0.25) is 0 Å². The Hall–Kier alpha value is -3.67. The van der Waals surface area contributed by atoms with Crippen LogP contribution in [0.2, 0.25) is 5.02 Å². The summed E-state index contributed by atoms with van der Waals surface area (Å²) in [7, 11) is 0. The number of nitrogens with two attached hydrogens (primary N) is 1. The predicted octanol–water partition coefficient (Wildman–Crippen LogP) is 7.05. The molecule has 5 aromatic rings. The molecule has 33 heavy (non-hydrogen) atoms. The minimum absolute atomic E-state index is 0.135. The third-order valence-corrected chi connectivity index (χ3v) is 7.15. The lowest BCUT2D eigenvalue weighted by molar-refractivity contribution is 0.0989. The Kier molecular flexibility index (Phi) is 5.82. The minimum atomic E-state index is -0.135. The molecule has 0 fully saturated rings. The van der Waals surface area contributed by atoms with Gasteiger partial charge < -0.3 is 10.6 Å². The van der Waals surface area contributed by atoms with E-state index in [0.29, 0.717) is 22.1 Å². The Bertz CT molecular complexity index is 1410. The number of anilines is 2. The van der Waals surface area contributed by atoms with Crippen LogP contribution in [0.15, 0.2) is 97.3 Å². The molecule has 3 aromatic carbocycles. The van der Waals surface area contributed by atoms with Gasteiger partial charge in [0.25, 0.3) is 5.91 Å². The average molecular weight is 470 g/mol. The van der Waals surface area contributed by atoms with Gasteiger partial charge in [0.05, 0.1) is 11.6 Å². The Balaban J connectivity index is 1.50. The van der Waals surface area contributed by atoms with Gasteiger partial charge in [0.15, 0.2) is 0 Å². The maximum Gasteiger partial charge on any atom is 0.270 e. The second-order valence-corrected chi connectivity index (χ2v) is 9.09. The van der Waals surface area contributed by atoms with E-state index in [0.717, 1.165) is 32.5 Å². The van der Waals surface area contributed by atoms with Crippen molar-refractivity contribution in [2.75, 3.05) is 10.6 Å². The van der Waals surface area contributed by atoms with Crippen LogP contribution in [0, 0.1) is 0 Å². The zero-order valence-electron chi connectivity index (χ0n) is 17.6. The number of nitrogens with zero attached hydrogens (tertiary/aromatic N) is 2. The van der Waals surface area contributed by atoms with Gasteiger partial charge in [-0.2, -0.15) is 0 Å². The SMILES string of the molecule is Nc1ccc(N(Cc2ccc(-c3ccncc3)cc2)C(=O)c2sc3ccccc3c2Cl)cc1. The van der Waals surface area contributed by atoms with E-state index >= 15 is 0 Å². The highest BCUT2D eigenvalue weighted by atomic mass is 35.5. The van der Waals surface area contributed by atoms with Crippen molar-refractivity contribution in [2.24, 2.45) is 0 Å². The smallest absolute Gasteiger partial charge is 0.270 e. The molecule has 0 saturated heterocycles. The lowest BCUT2D eigenvalue weighted by Gasteiger charge is -2.23. The molecular formula is C27H20ClN3OS. The summed E-state index contributed by atoms with van der Waals surface area (Å²) in [6, 6.07) is 27.3. The van der Waals surface area contributed by atoms with Crippen molar-refractivity contribution in [1.82, 2.24) is 4.98 Å². The van der Waals surface area contributed by atoms with Gasteiger partial charge >= 0.3 is 0 Å². The number of rotatable bonds is 5. The lowest BCUT2D eigenvalue weighted by atomic mass is 10.0. The number of hydrogen-bond donors (Lipinski definition) is 1. The number of pyridine rings is 1. The highest BCUT2D eigenvalue weighted by molar-refractivity contribution is 7.21. The Morgan fingerprint density at radius 1 is 0.879 bits per heavy atom. The molecule has 0 bridgehead atoms. The molecule has 6 heteroatoms.